The van der Waals surface area contributed by atoms with Gasteiger partial charge in [-0.2, -0.15) is 0 Å². The van der Waals surface area contributed by atoms with Gasteiger partial charge in [0, 0.05) is 50.0 Å². The number of aliphatic imine (C=N–C) groups is 1. The molecule has 1 saturated heterocycles. The molecule has 2 aromatic rings. The SMILES string of the molecule is CCNC(=NCc1cccnc1Oc1cccc(F)c1)NCC(C)N1CCOCC1. The van der Waals surface area contributed by atoms with E-state index in [4.69, 9.17) is 9.47 Å². The summed E-state index contributed by atoms with van der Waals surface area (Å²) in [7, 11) is 0. The summed E-state index contributed by atoms with van der Waals surface area (Å²) in [4.78, 5) is 11.4. The van der Waals surface area contributed by atoms with Crippen LogP contribution in [0.5, 0.6) is 11.6 Å². The monoisotopic (exact) mass is 415 g/mol. The molecular formula is C22H30FN5O2. The van der Waals surface area contributed by atoms with Crippen LogP contribution in [0.25, 0.3) is 0 Å². The first kappa shape index (κ1) is 22.0. The lowest BCUT2D eigenvalue weighted by molar-refractivity contribution is 0.0211. The van der Waals surface area contributed by atoms with E-state index in [9.17, 15) is 4.39 Å². The maximum absolute atomic E-state index is 13.4. The molecule has 1 aliphatic heterocycles. The lowest BCUT2D eigenvalue weighted by Crippen LogP contribution is -2.49. The second kappa shape index (κ2) is 11.5. The van der Waals surface area contributed by atoms with Crippen molar-refractivity contribution in [3.63, 3.8) is 0 Å². The van der Waals surface area contributed by atoms with Crippen molar-refractivity contribution in [2.45, 2.75) is 26.4 Å². The third kappa shape index (κ3) is 6.67. The Bertz CT molecular complexity index is 827. The molecule has 1 aliphatic rings. The number of hydrogen-bond acceptors (Lipinski definition) is 5. The van der Waals surface area contributed by atoms with E-state index in [0.717, 1.165) is 50.9 Å². The van der Waals surface area contributed by atoms with Crippen LogP contribution in [-0.2, 0) is 11.3 Å². The highest BCUT2D eigenvalue weighted by Crippen LogP contribution is 2.23. The number of benzene rings is 1. The van der Waals surface area contributed by atoms with Crippen LogP contribution in [0.1, 0.15) is 19.4 Å². The van der Waals surface area contributed by atoms with Gasteiger partial charge in [0.05, 0.1) is 19.8 Å². The second-order valence-electron chi connectivity index (χ2n) is 7.10. The third-order valence-corrected chi connectivity index (χ3v) is 4.85. The number of halogens is 1. The van der Waals surface area contributed by atoms with Gasteiger partial charge < -0.3 is 20.1 Å². The summed E-state index contributed by atoms with van der Waals surface area (Å²) < 4.78 is 24.7. The average molecular weight is 416 g/mol. The van der Waals surface area contributed by atoms with Gasteiger partial charge in [0.1, 0.15) is 11.6 Å². The van der Waals surface area contributed by atoms with E-state index in [1.807, 2.05) is 19.1 Å². The van der Waals surface area contributed by atoms with Crippen LogP contribution in [0.2, 0.25) is 0 Å². The molecule has 3 rings (SSSR count). The normalized spacial score (nSPS) is 16.2. The van der Waals surface area contributed by atoms with E-state index >= 15 is 0 Å². The summed E-state index contributed by atoms with van der Waals surface area (Å²) in [6, 6.07) is 10.1. The zero-order chi connectivity index (χ0) is 21.2. The Morgan fingerprint density at radius 2 is 2.10 bits per heavy atom. The zero-order valence-electron chi connectivity index (χ0n) is 17.6. The number of nitrogens with zero attached hydrogens (tertiary/aromatic N) is 3. The zero-order valence-corrected chi connectivity index (χ0v) is 17.6. The standard InChI is InChI=1S/C22H30FN5O2/c1-3-24-22(26-15-17(2)28-10-12-29-13-11-28)27-16-18-6-5-9-25-21(18)30-20-8-4-7-19(23)14-20/h4-9,14,17H,3,10-13,15-16H2,1-2H3,(H2,24,26,27). The van der Waals surface area contributed by atoms with Gasteiger partial charge in [-0.1, -0.05) is 12.1 Å². The van der Waals surface area contributed by atoms with Crippen LogP contribution in [0.15, 0.2) is 47.6 Å². The Morgan fingerprint density at radius 3 is 2.87 bits per heavy atom. The van der Waals surface area contributed by atoms with E-state index in [2.05, 4.69) is 32.4 Å². The van der Waals surface area contributed by atoms with Crippen LogP contribution < -0.4 is 15.4 Å². The number of pyridine rings is 1. The fourth-order valence-electron chi connectivity index (χ4n) is 3.18. The molecule has 2 heterocycles. The van der Waals surface area contributed by atoms with Gasteiger partial charge in [-0.3, -0.25) is 4.90 Å². The highest BCUT2D eigenvalue weighted by atomic mass is 19.1. The number of guanidine groups is 1. The average Bonchev–Trinajstić information content (AvgIpc) is 2.77. The molecule has 0 radical (unpaired) electrons. The van der Waals surface area contributed by atoms with Crippen LogP contribution in [0, 0.1) is 5.82 Å². The van der Waals surface area contributed by atoms with Crippen LogP contribution in [0.4, 0.5) is 4.39 Å². The van der Waals surface area contributed by atoms with Gasteiger partial charge in [-0.05, 0) is 32.0 Å². The number of aromatic nitrogens is 1. The Kier molecular flexibility index (Phi) is 8.41. The highest BCUT2D eigenvalue weighted by molar-refractivity contribution is 5.79. The van der Waals surface area contributed by atoms with Gasteiger partial charge in [-0.25, -0.2) is 14.4 Å². The summed E-state index contributed by atoms with van der Waals surface area (Å²) in [5.74, 6) is 1.21. The van der Waals surface area contributed by atoms with E-state index < -0.39 is 0 Å². The molecule has 0 spiro atoms. The molecular weight excluding hydrogens is 385 g/mol. The Balaban J connectivity index is 1.62. The van der Waals surface area contributed by atoms with Crippen molar-refractivity contribution in [2.24, 2.45) is 4.99 Å². The quantitative estimate of drug-likeness (QED) is 0.510. The van der Waals surface area contributed by atoms with Crippen molar-refractivity contribution >= 4 is 5.96 Å². The molecule has 0 bridgehead atoms. The largest absolute Gasteiger partial charge is 0.439 e. The first-order valence-corrected chi connectivity index (χ1v) is 10.4. The van der Waals surface area contributed by atoms with Gasteiger partial charge in [0.2, 0.25) is 5.88 Å². The minimum absolute atomic E-state index is 0.351. The van der Waals surface area contributed by atoms with Gasteiger partial charge in [-0.15, -0.1) is 0 Å². The van der Waals surface area contributed by atoms with E-state index in [1.54, 1.807) is 18.3 Å². The number of nitrogens with one attached hydrogen (secondary N) is 2. The van der Waals surface area contributed by atoms with Crippen LogP contribution in [-0.4, -0.2) is 61.3 Å². The maximum Gasteiger partial charge on any atom is 0.224 e. The minimum atomic E-state index is -0.351. The van der Waals surface area contributed by atoms with Crippen molar-refractivity contribution in [1.29, 1.82) is 0 Å². The van der Waals surface area contributed by atoms with Gasteiger partial charge in [0.15, 0.2) is 5.96 Å². The molecule has 162 valence electrons. The molecule has 8 heteroatoms. The summed E-state index contributed by atoms with van der Waals surface area (Å²) in [6.07, 6.45) is 1.65. The van der Waals surface area contributed by atoms with Crippen LogP contribution in [0.3, 0.4) is 0 Å². The number of rotatable bonds is 8. The summed E-state index contributed by atoms with van der Waals surface area (Å²) in [5.41, 5.74) is 0.820. The first-order valence-electron chi connectivity index (χ1n) is 10.4. The molecule has 0 aliphatic carbocycles. The fraction of sp³-hybridized carbons (Fsp3) is 0.455. The molecule has 1 unspecified atom stereocenters. The summed E-state index contributed by atoms with van der Waals surface area (Å²) in [6.45, 7) is 9.64. The molecule has 1 atom stereocenters. The predicted molar refractivity (Wildman–Crippen MR) is 115 cm³/mol. The smallest absolute Gasteiger partial charge is 0.224 e. The molecule has 0 amide bonds. The fourth-order valence-corrected chi connectivity index (χ4v) is 3.18. The van der Waals surface area contributed by atoms with Crippen molar-refractivity contribution in [1.82, 2.24) is 20.5 Å². The third-order valence-electron chi connectivity index (χ3n) is 4.85. The number of hydrogen-bond donors (Lipinski definition) is 2. The Labute approximate surface area is 177 Å². The van der Waals surface area contributed by atoms with Crippen molar-refractivity contribution < 1.29 is 13.9 Å². The molecule has 1 aromatic carbocycles. The molecule has 0 saturated carbocycles. The van der Waals surface area contributed by atoms with E-state index in [-0.39, 0.29) is 5.82 Å². The summed E-state index contributed by atoms with van der Waals surface area (Å²) >= 11 is 0. The lowest BCUT2D eigenvalue weighted by atomic mass is 10.2. The molecule has 7 nitrogen and oxygen atoms in total. The molecule has 1 aromatic heterocycles. The number of morpholine rings is 1. The summed E-state index contributed by atoms with van der Waals surface area (Å²) in [5, 5.41) is 6.68. The van der Waals surface area contributed by atoms with Crippen LogP contribution >= 0.6 is 0 Å². The highest BCUT2D eigenvalue weighted by Gasteiger charge is 2.17. The first-order chi connectivity index (χ1) is 14.7. The number of ether oxygens (including phenoxy) is 2. The van der Waals surface area contributed by atoms with E-state index in [0.29, 0.717) is 24.2 Å². The second-order valence-corrected chi connectivity index (χ2v) is 7.10. The molecule has 2 N–H and O–H groups in total. The van der Waals surface area contributed by atoms with Gasteiger partial charge >= 0.3 is 0 Å². The Morgan fingerprint density at radius 1 is 1.27 bits per heavy atom. The predicted octanol–water partition coefficient (Wildman–Crippen LogP) is 2.79. The van der Waals surface area contributed by atoms with Crippen molar-refractivity contribution in [2.75, 3.05) is 39.4 Å². The lowest BCUT2D eigenvalue weighted by Gasteiger charge is -2.32. The van der Waals surface area contributed by atoms with Gasteiger partial charge in [0.25, 0.3) is 0 Å². The maximum atomic E-state index is 13.4. The minimum Gasteiger partial charge on any atom is -0.439 e. The molecule has 1 fully saturated rings. The molecule has 30 heavy (non-hydrogen) atoms. The topological polar surface area (TPSA) is 71.0 Å². The van der Waals surface area contributed by atoms with E-state index in [1.165, 1.54) is 12.1 Å². The van der Waals surface area contributed by atoms with Crippen molar-refractivity contribution in [3.8, 4) is 11.6 Å². The van der Waals surface area contributed by atoms with Crippen molar-refractivity contribution in [3.05, 3.63) is 54.0 Å². The Hall–Kier alpha value is -2.71.